The number of ether oxygens (including phenoxy) is 1. The molecule has 2 aliphatic rings. The van der Waals surface area contributed by atoms with Crippen LogP contribution in [0.2, 0.25) is 0 Å². The summed E-state index contributed by atoms with van der Waals surface area (Å²) < 4.78 is 28.6. The van der Waals surface area contributed by atoms with E-state index in [2.05, 4.69) is 17.0 Å². The summed E-state index contributed by atoms with van der Waals surface area (Å²) in [6, 6.07) is 10.8. The van der Waals surface area contributed by atoms with Crippen molar-refractivity contribution in [1.29, 1.82) is 0 Å². The SMILES string of the molecule is NS(=O)(=O)C1CCN(C2CC(OCc3ccccc3)C2)CC1. The van der Waals surface area contributed by atoms with E-state index >= 15 is 0 Å². The maximum absolute atomic E-state index is 11.4. The first-order chi connectivity index (χ1) is 10.5. The molecule has 0 aromatic heterocycles. The predicted molar refractivity (Wildman–Crippen MR) is 85.7 cm³/mol. The van der Waals surface area contributed by atoms with E-state index in [1.54, 1.807) is 0 Å². The molecule has 1 aromatic carbocycles. The van der Waals surface area contributed by atoms with Crippen LogP contribution in [0, 0.1) is 0 Å². The molecule has 1 aromatic rings. The van der Waals surface area contributed by atoms with Crippen LogP contribution in [0.4, 0.5) is 0 Å². The van der Waals surface area contributed by atoms with Gasteiger partial charge in [-0.1, -0.05) is 30.3 Å². The molecular formula is C16H24N2O3S. The molecule has 0 amide bonds. The van der Waals surface area contributed by atoms with E-state index in [0.29, 0.717) is 31.6 Å². The molecule has 3 rings (SSSR count). The van der Waals surface area contributed by atoms with Crippen LogP contribution in [0.1, 0.15) is 31.2 Å². The third-order valence-corrected chi connectivity index (χ3v) is 6.26. The van der Waals surface area contributed by atoms with Crippen molar-refractivity contribution in [2.24, 2.45) is 5.14 Å². The Balaban J connectivity index is 1.37. The summed E-state index contributed by atoms with van der Waals surface area (Å²) in [6.45, 7) is 2.33. The first-order valence-corrected chi connectivity index (χ1v) is 9.54. The van der Waals surface area contributed by atoms with E-state index < -0.39 is 10.0 Å². The summed E-state index contributed by atoms with van der Waals surface area (Å²) in [7, 11) is -3.37. The summed E-state index contributed by atoms with van der Waals surface area (Å²) in [5.74, 6) is 0. The summed E-state index contributed by atoms with van der Waals surface area (Å²) in [5, 5.41) is 4.88. The van der Waals surface area contributed by atoms with Gasteiger partial charge in [0.15, 0.2) is 0 Å². The molecule has 2 N–H and O–H groups in total. The van der Waals surface area contributed by atoms with E-state index in [9.17, 15) is 8.42 Å². The highest BCUT2D eigenvalue weighted by molar-refractivity contribution is 7.89. The minimum Gasteiger partial charge on any atom is -0.373 e. The Morgan fingerprint density at radius 1 is 1.14 bits per heavy atom. The summed E-state index contributed by atoms with van der Waals surface area (Å²) >= 11 is 0. The van der Waals surface area contributed by atoms with Gasteiger partial charge in [0.1, 0.15) is 0 Å². The Bertz CT molecular complexity index is 577. The molecule has 122 valence electrons. The maximum atomic E-state index is 11.4. The second-order valence-electron chi connectivity index (χ2n) is 6.37. The zero-order valence-corrected chi connectivity index (χ0v) is 13.5. The van der Waals surface area contributed by atoms with E-state index in [1.807, 2.05) is 18.2 Å². The fraction of sp³-hybridized carbons (Fsp3) is 0.625. The van der Waals surface area contributed by atoms with Crippen molar-refractivity contribution in [3.05, 3.63) is 35.9 Å². The highest BCUT2D eigenvalue weighted by Crippen LogP contribution is 2.31. The molecule has 0 atom stereocenters. The van der Waals surface area contributed by atoms with Crippen molar-refractivity contribution in [3.8, 4) is 0 Å². The van der Waals surface area contributed by atoms with Gasteiger partial charge in [0.2, 0.25) is 10.0 Å². The highest BCUT2D eigenvalue weighted by Gasteiger charge is 2.37. The van der Waals surface area contributed by atoms with Crippen LogP contribution >= 0.6 is 0 Å². The number of hydrogen-bond donors (Lipinski definition) is 1. The Morgan fingerprint density at radius 3 is 2.36 bits per heavy atom. The quantitative estimate of drug-likeness (QED) is 0.890. The number of rotatable bonds is 5. The lowest BCUT2D eigenvalue weighted by Gasteiger charge is -2.45. The Morgan fingerprint density at radius 2 is 1.77 bits per heavy atom. The minimum absolute atomic E-state index is 0.334. The average molecular weight is 324 g/mol. The van der Waals surface area contributed by atoms with E-state index in [-0.39, 0.29) is 5.25 Å². The fourth-order valence-electron chi connectivity index (χ4n) is 3.33. The van der Waals surface area contributed by atoms with Crippen LogP contribution < -0.4 is 5.14 Å². The summed E-state index contributed by atoms with van der Waals surface area (Å²) in [6.07, 6.45) is 3.75. The van der Waals surface area contributed by atoms with Crippen LogP contribution in [0.25, 0.3) is 0 Å². The number of piperidine rings is 1. The van der Waals surface area contributed by atoms with Gasteiger partial charge in [0.25, 0.3) is 0 Å². The van der Waals surface area contributed by atoms with Crippen molar-refractivity contribution in [1.82, 2.24) is 4.90 Å². The Labute approximate surface area is 132 Å². The lowest BCUT2D eigenvalue weighted by molar-refractivity contribution is -0.0621. The summed E-state index contributed by atoms with van der Waals surface area (Å²) in [5.41, 5.74) is 1.21. The second-order valence-corrected chi connectivity index (χ2v) is 8.21. The van der Waals surface area contributed by atoms with Crippen molar-refractivity contribution >= 4 is 10.0 Å². The molecule has 1 aliphatic heterocycles. The molecular weight excluding hydrogens is 300 g/mol. The van der Waals surface area contributed by atoms with Crippen LogP contribution in [0.5, 0.6) is 0 Å². The molecule has 1 saturated heterocycles. The van der Waals surface area contributed by atoms with Gasteiger partial charge < -0.3 is 9.64 Å². The van der Waals surface area contributed by atoms with Crippen LogP contribution in [0.3, 0.4) is 0 Å². The Hall–Kier alpha value is -0.950. The average Bonchev–Trinajstić information content (AvgIpc) is 2.46. The Kier molecular flexibility index (Phi) is 4.82. The van der Waals surface area contributed by atoms with E-state index in [1.165, 1.54) is 5.56 Å². The highest BCUT2D eigenvalue weighted by atomic mass is 32.2. The number of benzene rings is 1. The van der Waals surface area contributed by atoms with Gasteiger partial charge in [0.05, 0.1) is 18.0 Å². The van der Waals surface area contributed by atoms with Gasteiger partial charge >= 0.3 is 0 Å². The van der Waals surface area contributed by atoms with E-state index in [0.717, 1.165) is 25.9 Å². The van der Waals surface area contributed by atoms with Gasteiger partial charge in [-0.05, 0) is 44.3 Å². The first-order valence-electron chi connectivity index (χ1n) is 7.93. The van der Waals surface area contributed by atoms with Gasteiger partial charge in [-0.25, -0.2) is 13.6 Å². The number of sulfonamides is 1. The third kappa shape index (κ3) is 3.87. The fourth-order valence-corrected chi connectivity index (χ4v) is 4.20. The molecule has 0 unspecified atom stereocenters. The molecule has 0 radical (unpaired) electrons. The van der Waals surface area contributed by atoms with Crippen molar-refractivity contribution < 1.29 is 13.2 Å². The summed E-state index contributed by atoms with van der Waals surface area (Å²) in [4.78, 5) is 2.39. The largest absolute Gasteiger partial charge is 0.373 e. The van der Waals surface area contributed by atoms with Crippen LogP contribution in [-0.2, 0) is 21.4 Å². The van der Waals surface area contributed by atoms with Gasteiger partial charge in [-0.3, -0.25) is 0 Å². The van der Waals surface area contributed by atoms with Crippen LogP contribution in [0.15, 0.2) is 30.3 Å². The number of hydrogen-bond acceptors (Lipinski definition) is 4. The lowest BCUT2D eigenvalue weighted by Crippen LogP contribution is -2.52. The first kappa shape index (κ1) is 15.9. The van der Waals surface area contributed by atoms with Crippen molar-refractivity contribution in [2.45, 2.75) is 49.7 Å². The van der Waals surface area contributed by atoms with Crippen molar-refractivity contribution in [2.75, 3.05) is 13.1 Å². The lowest BCUT2D eigenvalue weighted by atomic mass is 9.86. The maximum Gasteiger partial charge on any atom is 0.212 e. The molecule has 1 heterocycles. The minimum atomic E-state index is -3.37. The number of primary sulfonamides is 1. The van der Waals surface area contributed by atoms with Gasteiger partial charge in [-0.15, -0.1) is 0 Å². The number of nitrogens with zero attached hydrogens (tertiary/aromatic N) is 1. The van der Waals surface area contributed by atoms with E-state index in [4.69, 9.17) is 9.88 Å². The normalized spacial score (nSPS) is 27.5. The zero-order chi connectivity index (χ0) is 15.6. The zero-order valence-electron chi connectivity index (χ0n) is 12.7. The number of likely N-dealkylation sites (tertiary alicyclic amines) is 1. The molecule has 5 nitrogen and oxygen atoms in total. The van der Waals surface area contributed by atoms with Crippen molar-refractivity contribution in [3.63, 3.8) is 0 Å². The van der Waals surface area contributed by atoms with Gasteiger partial charge in [0, 0.05) is 6.04 Å². The third-order valence-electron chi connectivity index (χ3n) is 4.86. The molecule has 0 bridgehead atoms. The van der Waals surface area contributed by atoms with Crippen LogP contribution in [-0.4, -0.2) is 43.8 Å². The topological polar surface area (TPSA) is 72.6 Å². The molecule has 1 saturated carbocycles. The molecule has 0 spiro atoms. The predicted octanol–water partition coefficient (Wildman–Crippen LogP) is 1.49. The number of nitrogens with two attached hydrogens (primary N) is 1. The molecule has 1 aliphatic carbocycles. The molecule has 6 heteroatoms. The van der Waals surface area contributed by atoms with Gasteiger partial charge in [-0.2, -0.15) is 0 Å². The molecule has 22 heavy (non-hydrogen) atoms. The standard InChI is InChI=1S/C16H24N2O3S/c17-22(19,20)16-6-8-18(9-7-16)14-10-15(11-14)21-12-13-4-2-1-3-5-13/h1-5,14-16H,6-12H2,(H2,17,19,20). The molecule has 2 fully saturated rings. The monoisotopic (exact) mass is 324 g/mol. The smallest absolute Gasteiger partial charge is 0.212 e. The second kappa shape index (κ2) is 6.66.